The Morgan fingerprint density at radius 3 is 2.64 bits per heavy atom. The van der Waals surface area contributed by atoms with E-state index < -0.39 is 0 Å². The van der Waals surface area contributed by atoms with Gasteiger partial charge >= 0.3 is 0 Å². The van der Waals surface area contributed by atoms with Crippen molar-refractivity contribution < 1.29 is 0 Å². The van der Waals surface area contributed by atoms with Crippen molar-refractivity contribution in [3.63, 3.8) is 0 Å². The van der Waals surface area contributed by atoms with E-state index in [9.17, 15) is 0 Å². The number of nitrogens with one attached hydrogen (secondary N) is 1. The van der Waals surface area contributed by atoms with Gasteiger partial charge in [0.05, 0.1) is 0 Å². The van der Waals surface area contributed by atoms with Crippen molar-refractivity contribution in [2.24, 2.45) is 5.73 Å². The van der Waals surface area contributed by atoms with Gasteiger partial charge in [-0.15, -0.1) is 0 Å². The topological polar surface area (TPSA) is 38.0 Å². The van der Waals surface area contributed by atoms with Crippen LogP contribution in [-0.2, 0) is 6.42 Å². The van der Waals surface area contributed by atoms with Crippen LogP contribution in [0.25, 0.3) is 0 Å². The Balaban J connectivity index is 2.10. The van der Waals surface area contributed by atoms with Crippen LogP contribution in [0.5, 0.6) is 0 Å². The number of aryl methyl sites for hydroxylation is 1. The quantitative estimate of drug-likeness (QED) is 0.671. The summed E-state index contributed by atoms with van der Waals surface area (Å²) >= 11 is 0. The van der Waals surface area contributed by atoms with Gasteiger partial charge in [-0.2, -0.15) is 0 Å². The summed E-state index contributed by atoms with van der Waals surface area (Å²) in [7, 11) is 0. The molecule has 0 aliphatic heterocycles. The summed E-state index contributed by atoms with van der Waals surface area (Å²) in [5.41, 5.74) is 6.91. The molecular weight excluding hydrogens is 172 g/mol. The van der Waals surface area contributed by atoms with E-state index in [0.29, 0.717) is 12.6 Å². The molecule has 1 atom stereocenters. The van der Waals surface area contributed by atoms with Crippen LogP contribution in [0.2, 0.25) is 0 Å². The number of nitrogens with two attached hydrogens (primary N) is 1. The third-order valence-electron chi connectivity index (χ3n) is 2.33. The summed E-state index contributed by atoms with van der Waals surface area (Å²) in [4.78, 5) is 0. The highest BCUT2D eigenvalue weighted by molar-refractivity contribution is 5.14. The number of benzene rings is 1. The average molecular weight is 192 g/mol. The van der Waals surface area contributed by atoms with Gasteiger partial charge in [0, 0.05) is 12.6 Å². The van der Waals surface area contributed by atoms with E-state index in [1.54, 1.807) is 0 Å². The molecule has 0 heterocycles. The Kier molecular flexibility index (Phi) is 5.27. The molecule has 0 saturated heterocycles. The van der Waals surface area contributed by atoms with Gasteiger partial charge in [-0.3, -0.25) is 0 Å². The highest BCUT2D eigenvalue weighted by Gasteiger charge is 1.96. The third-order valence-corrected chi connectivity index (χ3v) is 2.33. The standard InChI is InChI=1S/C12H20N2/c1-11(10-13)14-9-5-8-12-6-3-2-4-7-12/h2-4,6-7,11,14H,5,8-10,13H2,1H3. The van der Waals surface area contributed by atoms with Crippen LogP contribution in [0, 0.1) is 0 Å². The molecule has 2 heteroatoms. The van der Waals surface area contributed by atoms with Gasteiger partial charge in [0.15, 0.2) is 0 Å². The molecule has 0 aliphatic carbocycles. The summed E-state index contributed by atoms with van der Waals surface area (Å²) in [6.45, 7) is 3.88. The van der Waals surface area contributed by atoms with Crippen molar-refractivity contribution in [3.8, 4) is 0 Å². The van der Waals surface area contributed by atoms with Crippen molar-refractivity contribution >= 4 is 0 Å². The molecule has 0 aliphatic rings. The molecule has 78 valence electrons. The lowest BCUT2D eigenvalue weighted by atomic mass is 10.1. The molecule has 1 aromatic rings. The molecule has 2 nitrogen and oxygen atoms in total. The van der Waals surface area contributed by atoms with Crippen LogP contribution in [0.3, 0.4) is 0 Å². The Morgan fingerprint density at radius 1 is 1.29 bits per heavy atom. The van der Waals surface area contributed by atoms with Crippen LogP contribution >= 0.6 is 0 Å². The average Bonchev–Trinajstić information content (AvgIpc) is 2.25. The smallest absolute Gasteiger partial charge is 0.0161 e. The van der Waals surface area contributed by atoms with E-state index in [-0.39, 0.29) is 0 Å². The Hall–Kier alpha value is -0.860. The Morgan fingerprint density at radius 2 is 2.00 bits per heavy atom. The second kappa shape index (κ2) is 6.57. The maximum atomic E-state index is 5.50. The molecule has 0 saturated carbocycles. The second-order valence-corrected chi connectivity index (χ2v) is 3.68. The zero-order valence-corrected chi connectivity index (χ0v) is 8.87. The first-order chi connectivity index (χ1) is 6.83. The maximum absolute atomic E-state index is 5.50. The van der Waals surface area contributed by atoms with Gasteiger partial charge in [0.25, 0.3) is 0 Å². The minimum Gasteiger partial charge on any atom is -0.329 e. The first-order valence-electron chi connectivity index (χ1n) is 5.30. The molecule has 3 N–H and O–H groups in total. The molecule has 0 radical (unpaired) electrons. The predicted octanol–water partition coefficient (Wildman–Crippen LogP) is 1.56. The van der Waals surface area contributed by atoms with E-state index in [1.807, 2.05) is 0 Å². The monoisotopic (exact) mass is 192 g/mol. The van der Waals surface area contributed by atoms with Crippen LogP contribution < -0.4 is 11.1 Å². The molecule has 1 unspecified atom stereocenters. The fraction of sp³-hybridized carbons (Fsp3) is 0.500. The van der Waals surface area contributed by atoms with Crippen molar-refractivity contribution in [1.82, 2.24) is 5.32 Å². The number of rotatable bonds is 6. The summed E-state index contributed by atoms with van der Waals surface area (Å²) in [5, 5.41) is 3.38. The van der Waals surface area contributed by atoms with Crippen LogP contribution in [0.1, 0.15) is 18.9 Å². The van der Waals surface area contributed by atoms with E-state index in [1.165, 1.54) is 12.0 Å². The Bertz CT molecular complexity index is 233. The van der Waals surface area contributed by atoms with E-state index in [2.05, 4.69) is 42.6 Å². The van der Waals surface area contributed by atoms with Crippen LogP contribution in [-0.4, -0.2) is 19.1 Å². The SMILES string of the molecule is CC(CN)NCCCc1ccccc1. The van der Waals surface area contributed by atoms with E-state index in [4.69, 9.17) is 5.73 Å². The summed E-state index contributed by atoms with van der Waals surface area (Å²) in [6, 6.07) is 11.0. The maximum Gasteiger partial charge on any atom is 0.0161 e. The molecule has 0 amide bonds. The zero-order chi connectivity index (χ0) is 10.2. The van der Waals surface area contributed by atoms with Crippen molar-refractivity contribution in [1.29, 1.82) is 0 Å². The van der Waals surface area contributed by atoms with Gasteiger partial charge in [-0.05, 0) is 31.9 Å². The first-order valence-corrected chi connectivity index (χ1v) is 5.30. The largest absolute Gasteiger partial charge is 0.329 e. The molecule has 1 rings (SSSR count). The fourth-order valence-electron chi connectivity index (χ4n) is 1.37. The highest BCUT2D eigenvalue weighted by atomic mass is 14.9. The lowest BCUT2D eigenvalue weighted by molar-refractivity contribution is 0.543. The first kappa shape index (κ1) is 11.2. The fourth-order valence-corrected chi connectivity index (χ4v) is 1.37. The molecule has 0 bridgehead atoms. The second-order valence-electron chi connectivity index (χ2n) is 3.68. The molecule has 0 fully saturated rings. The van der Waals surface area contributed by atoms with Gasteiger partial charge in [0.1, 0.15) is 0 Å². The summed E-state index contributed by atoms with van der Waals surface area (Å²) < 4.78 is 0. The zero-order valence-electron chi connectivity index (χ0n) is 8.87. The van der Waals surface area contributed by atoms with Crippen LogP contribution in [0.15, 0.2) is 30.3 Å². The Labute approximate surface area is 86.5 Å². The molecule has 0 spiro atoms. The van der Waals surface area contributed by atoms with E-state index >= 15 is 0 Å². The lowest BCUT2D eigenvalue weighted by Gasteiger charge is -2.10. The lowest BCUT2D eigenvalue weighted by Crippen LogP contribution is -2.33. The van der Waals surface area contributed by atoms with Gasteiger partial charge in [-0.25, -0.2) is 0 Å². The number of hydrogen-bond donors (Lipinski definition) is 2. The third kappa shape index (κ3) is 4.40. The summed E-state index contributed by atoms with van der Waals surface area (Å²) in [5.74, 6) is 0. The van der Waals surface area contributed by atoms with E-state index in [0.717, 1.165) is 13.0 Å². The molecule has 14 heavy (non-hydrogen) atoms. The van der Waals surface area contributed by atoms with Crippen molar-refractivity contribution in [2.45, 2.75) is 25.8 Å². The molecular formula is C12H20N2. The normalized spacial score (nSPS) is 12.7. The minimum atomic E-state index is 0.436. The predicted molar refractivity (Wildman–Crippen MR) is 61.3 cm³/mol. The van der Waals surface area contributed by atoms with Gasteiger partial charge < -0.3 is 11.1 Å². The van der Waals surface area contributed by atoms with Gasteiger partial charge in [0.2, 0.25) is 0 Å². The highest BCUT2D eigenvalue weighted by Crippen LogP contribution is 2.01. The summed E-state index contributed by atoms with van der Waals surface area (Å²) in [6.07, 6.45) is 2.32. The van der Waals surface area contributed by atoms with Crippen LogP contribution in [0.4, 0.5) is 0 Å². The van der Waals surface area contributed by atoms with Crippen molar-refractivity contribution in [2.75, 3.05) is 13.1 Å². The number of hydrogen-bond acceptors (Lipinski definition) is 2. The molecule has 1 aromatic carbocycles. The van der Waals surface area contributed by atoms with Crippen molar-refractivity contribution in [3.05, 3.63) is 35.9 Å². The minimum absolute atomic E-state index is 0.436. The molecule has 0 aromatic heterocycles. The van der Waals surface area contributed by atoms with Gasteiger partial charge in [-0.1, -0.05) is 30.3 Å².